The summed E-state index contributed by atoms with van der Waals surface area (Å²) in [7, 11) is 46.0. The summed E-state index contributed by atoms with van der Waals surface area (Å²) in [6.07, 6.45) is 0. The highest BCUT2D eigenvalue weighted by Crippen LogP contribution is 2.50. The van der Waals surface area contributed by atoms with Gasteiger partial charge in [0, 0.05) is 253 Å². The van der Waals surface area contributed by atoms with Gasteiger partial charge in [-0.25, -0.2) is 22.9 Å². The van der Waals surface area contributed by atoms with Crippen LogP contribution in [0.25, 0.3) is 167 Å². The monoisotopic (exact) mass is 2060 g/mol. The summed E-state index contributed by atoms with van der Waals surface area (Å²) in [5.74, 6) is 6.99. The maximum atomic E-state index is 6.41. The molecule has 0 radical (unpaired) electrons. The maximum absolute atomic E-state index is 6.41. The van der Waals surface area contributed by atoms with Gasteiger partial charge in [0.25, 0.3) is 0 Å². The van der Waals surface area contributed by atoms with Gasteiger partial charge in [-0.2, -0.15) is 0 Å². The molecule has 0 bridgehead atoms. The largest absolute Gasteiger partial charge is 0.497 e. The number of para-hydroxylation sites is 1. The van der Waals surface area contributed by atoms with E-state index >= 15 is 0 Å². The Morgan fingerprint density at radius 1 is 0.205 bits per heavy atom. The van der Waals surface area contributed by atoms with Crippen LogP contribution in [0, 0.1) is 34.6 Å². The molecule has 10 aromatic rings. The zero-order valence-corrected chi connectivity index (χ0v) is 93.0. The molecule has 23 heteroatoms. The van der Waals surface area contributed by atoms with E-state index in [1.165, 1.54) is 61.2 Å². The second-order valence-corrected chi connectivity index (χ2v) is 38.4. The van der Waals surface area contributed by atoms with E-state index in [1.807, 2.05) is 115 Å². The summed E-state index contributed by atoms with van der Waals surface area (Å²) >= 11 is 0. The van der Waals surface area contributed by atoms with Crippen molar-refractivity contribution in [3.63, 3.8) is 0 Å². The Kier molecular flexibility index (Phi) is 36.4. The molecule has 5 aliphatic heterocycles. The highest BCUT2D eigenvalue weighted by molar-refractivity contribution is 6.09. The van der Waals surface area contributed by atoms with E-state index in [4.69, 9.17) is 36.3 Å². The van der Waals surface area contributed by atoms with Crippen molar-refractivity contribution in [2.24, 2.45) is 0 Å². The highest BCUT2D eigenvalue weighted by atomic mass is 35.5. The van der Waals surface area contributed by atoms with Crippen LogP contribution >= 0.6 is 62.0 Å². The third-order valence-electron chi connectivity index (χ3n) is 26.4. The van der Waals surface area contributed by atoms with E-state index in [0.717, 1.165) is 206 Å². The van der Waals surface area contributed by atoms with Crippen molar-refractivity contribution in [2.75, 3.05) is 187 Å². The first-order valence-electron chi connectivity index (χ1n) is 47.6. The van der Waals surface area contributed by atoms with Gasteiger partial charge >= 0.3 is 0 Å². The zero-order chi connectivity index (χ0) is 100. The summed E-state index contributed by atoms with van der Waals surface area (Å²) in [5, 5.41) is 11.1. The van der Waals surface area contributed by atoms with E-state index in [2.05, 4.69) is 393 Å². The van der Waals surface area contributed by atoms with Gasteiger partial charge in [-0.05, 0) is 189 Å². The third kappa shape index (κ3) is 23.4. The fourth-order valence-corrected chi connectivity index (χ4v) is 18.3. The molecule has 0 saturated heterocycles. The fourth-order valence-electron chi connectivity index (χ4n) is 18.3. The summed E-state index contributed by atoms with van der Waals surface area (Å²) in [4.78, 5) is 10.5. The molecule has 756 valence electrons. The SMILES string of the molecule is COc1ccc(-c2c3ccc(=[N+](C)C)cc-3oc3cc(N(C)C)ccc23)c(C)c1.COc1ccc(C)cc1-c1c2ccc(=[N+](C)C)cc-2oc2cc(N(C)C)ccc12.COc1ccccc1-c1c2ccc(=[N+](C)C)cc-2oc2cc(N(C)C)ccc12.Cc1ccc(C)c(-c2c3ccc(=[N+](C)C)cc-3oc3cc(N(C)C)ccc23)c1.Cc1ccccc1-c1c2ccc(=[N+](C)C)cc-2oc2cc(N(C)C)ccc12.Cl.Cl.Cl.Cl.Cl. The molecule has 0 aromatic heterocycles. The standard InChI is InChI=1S/2C25H27N2O2.C25H27N2O.C24H25N2O2.C24H25N2O.5ClH/c1-16-7-12-22(28-6)21(13-16)25-19-10-8-17(26(2)3)14-23(19)29-24-15-18(27(4)5)9-11-20(24)25;1-16-13-19(28-6)9-12-20(16)25-21-10-7-17(26(2)3)14-23(21)29-24-15-18(27(4)5)8-11-22(24)25;1-16-7-8-17(2)22(13-16)25-20-11-9-18(26(3)4)14-23(20)28-24-15-19(27(5)6)10-12-21(24)25;1-25(2)16-10-12-19-22(14-16)28-23-15-17(26(3)4)11-13-20(23)24(19)18-8-6-7-9-21(18)27-5;1-16-8-6-7-9-19(16)24-20-12-10-17(25(2)3)14-22(20)27-23-15-18(26(4)5)11-13-21(23)24;;;;;/h2*7-15H,1-6H3;7-15H,1-6H3;6-15H,1-5H3;6-15H,1-5H3;5*1H/q5*+1;;;;;. The Morgan fingerprint density at radius 3 is 0.753 bits per heavy atom. The summed E-state index contributed by atoms with van der Waals surface area (Å²) in [6.45, 7) is 10.7. The van der Waals surface area contributed by atoms with Gasteiger partial charge < -0.3 is 60.8 Å². The predicted molar refractivity (Wildman–Crippen MR) is 628 cm³/mol. The first kappa shape index (κ1) is 112. The number of aryl methyl sites for hydroxylation is 5. The lowest BCUT2D eigenvalue weighted by Crippen LogP contribution is -2.21. The molecular formula is C123H136Cl5N10O8+5. The number of benzene rings is 15. The van der Waals surface area contributed by atoms with Crippen molar-refractivity contribution >= 4 is 145 Å². The topological polar surface area (TPSA) is 125 Å². The molecule has 5 heterocycles. The van der Waals surface area contributed by atoms with Gasteiger partial charge in [0.1, 0.15) is 144 Å². The van der Waals surface area contributed by atoms with Gasteiger partial charge in [-0.3, -0.25) is 0 Å². The molecule has 0 fully saturated rings. The number of halogens is 5. The Bertz CT molecular complexity index is 8390. The Balaban J connectivity index is 0.000000172. The van der Waals surface area contributed by atoms with Crippen molar-refractivity contribution in [2.45, 2.75) is 34.6 Å². The van der Waals surface area contributed by atoms with Crippen LogP contribution in [0.2, 0.25) is 0 Å². The minimum Gasteiger partial charge on any atom is -0.497 e. The quantitative estimate of drug-likeness (QED) is 0.0804. The normalized spacial score (nSPS) is 10.7. The van der Waals surface area contributed by atoms with Crippen LogP contribution in [0.5, 0.6) is 17.2 Å². The Morgan fingerprint density at radius 2 is 0.459 bits per heavy atom. The van der Waals surface area contributed by atoms with Crippen molar-refractivity contribution in [3.05, 3.63) is 340 Å². The number of hydrogen-bond acceptors (Lipinski definition) is 13. The number of fused-ring (bicyclic) bond motifs is 10. The smallest absolute Gasteiger partial charge is 0.203 e. The molecule has 0 atom stereocenters. The average Bonchev–Trinajstić information content (AvgIpc) is 0.774. The van der Waals surface area contributed by atoms with E-state index in [0.29, 0.717) is 0 Å². The molecule has 10 aliphatic rings. The molecule has 0 saturated carbocycles. The molecule has 0 N–H and O–H groups in total. The average molecular weight is 2060 g/mol. The van der Waals surface area contributed by atoms with E-state index in [9.17, 15) is 0 Å². The van der Waals surface area contributed by atoms with Crippen LogP contribution in [-0.4, -0.2) is 162 Å². The molecule has 18 nitrogen and oxygen atoms in total. The van der Waals surface area contributed by atoms with Gasteiger partial charge in [0.2, 0.25) is 26.8 Å². The van der Waals surface area contributed by atoms with Crippen molar-refractivity contribution in [1.29, 1.82) is 0 Å². The minimum absolute atomic E-state index is 0. The molecule has 0 unspecified atom stereocenters. The Labute approximate surface area is 888 Å². The van der Waals surface area contributed by atoms with Crippen molar-refractivity contribution < 1.29 is 36.3 Å². The minimum atomic E-state index is 0. The van der Waals surface area contributed by atoms with Gasteiger partial charge in [-0.1, -0.05) is 83.9 Å². The molecule has 20 rings (SSSR count). The summed E-state index contributed by atoms with van der Waals surface area (Å²) in [5.41, 5.74) is 33.5. The van der Waals surface area contributed by atoms with Crippen LogP contribution in [0.1, 0.15) is 27.8 Å². The van der Waals surface area contributed by atoms with Gasteiger partial charge in [0.15, 0.2) is 0 Å². The van der Waals surface area contributed by atoms with E-state index < -0.39 is 0 Å². The summed E-state index contributed by atoms with van der Waals surface area (Å²) in [6, 6.07) is 100. The van der Waals surface area contributed by atoms with E-state index in [1.54, 1.807) is 21.3 Å². The summed E-state index contributed by atoms with van der Waals surface area (Å²) < 4.78 is 59.2. The third-order valence-corrected chi connectivity index (χ3v) is 26.4. The predicted octanol–water partition coefficient (Wildman–Crippen LogP) is 25.2. The molecule has 0 amide bonds. The number of anilines is 5. The van der Waals surface area contributed by atoms with Gasteiger partial charge in [0.05, 0.1) is 51.7 Å². The highest BCUT2D eigenvalue weighted by Gasteiger charge is 2.28. The first-order valence-corrected chi connectivity index (χ1v) is 47.6. The second kappa shape index (κ2) is 47.6. The number of hydrogen-bond donors (Lipinski definition) is 0. The number of methoxy groups -OCH3 is 3. The molecule has 0 spiro atoms. The lowest BCUT2D eigenvalue weighted by molar-refractivity contribution is 0.414. The van der Waals surface area contributed by atoms with Crippen LogP contribution in [-0.2, 0) is 0 Å². The van der Waals surface area contributed by atoms with Crippen LogP contribution in [0.15, 0.2) is 307 Å². The molecular weight excluding hydrogens is 1920 g/mol. The zero-order valence-electron chi connectivity index (χ0n) is 88.9. The maximum Gasteiger partial charge on any atom is 0.203 e. The fraction of sp³-hybridized carbons (Fsp3) is 0.228. The van der Waals surface area contributed by atoms with Crippen molar-refractivity contribution in [1.82, 2.24) is 22.9 Å². The molecule has 5 aliphatic carbocycles. The number of ether oxygens (including phenoxy) is 3. The lowest BCUT2D eigenvalue weighted by Gasteiger charge is -2.19. The molecule has 10 aromatic carbocycles. The number of nitrogens with zero attached hydrogens (tertiary/aromatic N) is 10. The van der Waals surface area contributed by atoms with Crippen LogP contribution in [0.4, 0.5) is 28.4 Å². The van der Waals surface area contributed by atoms with Crippen molar-refractivity contribution in [3.8, 4) is 130 Å². The van der Waals surface area contributed by atoms with E-state index in [-0.39, 0.29) is 62.0 Å². The Hall–Kier alpha value is -14.5. The van der Waals surface area contributed by atoms with Crippen LogP contribution < -0.4 is 88.4 Å². The van der Waals surface area contributed by atoms with Gasteiger partial charge in [-0.15, -0.1) is 62.0 Å². The molecule has 146 heavy (non-hydrogen) atoms. The lowest BCUT2D eigenvalue weighted by atomic mass is 9.90. The first-order chi connectivity index (χ1) is 67.6. The number of rotatable bonds is 13. The van der Waals surface area contributed by atoms with Crippen LogP contribution in [0.3, 0.4) is 0 Å². The second-order valence-electron chi connectivity index (χ2n) is 38.4.